The molecule has 160 valence electrons. The predicted molar refractivity (Wildman–Crippen MR) is 123 cm³/mol. The molecule has 0 bridgehead atoms. The number of fused-ring (bicyclic) bond motifs is 1. The van der Waals surface area contributed by atoms with E-state index in [0.717, 1.165) is 54.0 Å². The van der Waals surface area contributed by atoms with Gasteiger partial charge in [0.2, 0.25) is 0 Å². The number of pyridine rings is 1. The third kappa shape index (κ3) is 4.83. The second-order valence-corrected chi connectivity index (χ2v) is 7.39. The average molecular weight is 418 g/mol. The van der Waals surface area contributed by atoms with Crippen molar-refractivity contribution in [1.82, 2.24) is 25.1 Å². The van der Waals surface area contributed by atoms with Gasteiger partial charge >= 0.3 is 0 Å². The molecule has 2 N–H and O–H groups in total. The third-order valence-electron chi connectivity index (χ3n) is 5.45. The molecule has 0 aliphatic carbocycles. The summed E-state index contributed by atoms with van der Waals surface area (Å²) in [7, 11) is 0. The topological polar surface area (TPSA) is 86.9 Å². The number of hydrogen-bond donors (Lipinski definition) is 2. The van der Waals surface area contributed by atoms with Crippen LogP contribution in [0, 0.1) is 0 Å². The van der Waals surface area contributed by atoms with Crippen LogP contribution in [0.15, 0.2) is 59.7 Å². The first-order valence-electron chi connectivity index (χ1n) is 10.7. The lowest BCUT2D eigenvalue weighted by atomic mass is 10.1. The van der Waals surface area contributed by atoms with E-state index in [1.54, 1.807) is 18.5 Å². The summed E-state index contributed by atoms with van der Waals surface area (Å²) in [6, 6.07) is 13.4. The van der Waals surface area contributed by atoms with Gasteiger partial charge in [-0.1, -0.05) is 13.8 Å². The smallest absolute Gasteiger partial charge is 0.273 e. The van der Waals surface area contributed by atoms with Crippen molar-refractivity contribution in [2.75, 3.05) is 26.2 Å². The number of hydrogen-bond acceptors (Lipinski definition) is 5. The molecule has 3 aromatic heterocycles. The molecule has 31 heavy (non-hydrogen) atoms. The van der Waals surface area contributed by atoms with E-state index in [1.807, 2.05) is 36.4 Å². The van der Waals surface area contributed by atoms with Crippen molar-refractivity contribution in [3.8, 4) is 28.3 Å². The minimum absolute atomic E-state index is 0.239. The number of H-pyrrole nitrogens is 2. The number of benzene rings is 1. The van der Waals surface area contributed by atoms with Gasteiger partial charge in [-0.15, -0.1) is 0 Å². The summed E-state index contributed by atoms with van der Waals surface area (Å²) in [4.78, 5) is 22.2. The molecule has 0 amide bonds. The predicted octanol–water partition coefficient (Wildman–Crippen LogP) is 4.09. The second-order valence-electron chi connectivity index (χ2n) is 7.39. The fraction of sp³-hybridized carbons (Fsp3) is 0.292. The summed E-state index contributed by atoms with van der Waals surface area (Å²) in [5, 5.41) is 7.79. The Balaban J connectivity index is 1.53. The maximum absolute atomic E-state index is 12.4. The van der Waals surface area contributed by atoms with Crippen molar-refractivity contribution in [3.63, 3.8) is 0 Å². The fourth-order valence-electron chi connectivity index (χ4n) is 3.64. The van der Waals surface area contributed by atoms with E-state index in [-0.39, 0.29) is 5.56 Å². The minimum atomic E-state index is -0.239. The average Bonchev–Trinajstić information content (AvgIpc) is 3.23. The van der Waals surface area contributed by atoms with E-state index >= 15 is 0 Å². The van der Waals surface area contributed by atoms with E-state index in [9.17, 15) is 4.79 Å². The van der Waals surface area contributed by atoms with Crippen LogP contribution in [-0.2, 0) is 0 Å². The lowest BCUT2D eigenvalue weighted by Crippen LogP contribution is -2.25. The lowest BCUT2D eigenvalue weighted by Gasteiger charge is -2.17. The first-order valence-corrected chi connectivity index (χ1v) is 10.7. The number of aromatic amines is 2. The van der Waals surface area contributed by atoms with Crippen molar-refractivity contribution in [3.05, 3.63) is 65.2 Å². The summed E-state index contributed by atoms with van der Waals surface area (Å²) >= 11 is 0. The summed E-state index contributed by atoms with van der Waals surface area (Å²) in [5.41, 5.74) is 3.55. The van der Waals surface area contributed by atoms with E-state index in [0.29, 0.717) is 17.9 Å². The molecule has 0 saturated carbocycles. The summed E-state index contributed by atoms with van der Waals surface area (Å²) < 4.78 is 5.94. The molecule has 0 spiro atoms. The molecule has 0 atom stereocenters. The summed E-state index contributed by atoms with van der Waals surface area (Å²) in [5.74, 6) is 0.821. The molecule has 1 aromatic carbocycles. The zero-order valence-corrected chi connectivity index (χ0v) is 17.9. The lowest BCUT2D eigenvalue weighted by molar-refractivity contribution is 0.249. The van der Waals surface area contributed by atoms with Crippen LogP contribution >= 0.6 is 0 Å². The Labute approximate surface area is 181 Å². The van der Waals surface area contributed by atoms with E-state index in [4.69, 9.17) is 4.74 Å². The minimum Gasteiger partial charge on any atom is -0.493 e. The van der Waals surface area contributed by atoms with Gasteiger partial charge in [-0.3, -0.25) is 9.78 Å². The Morgan fingerprint density at radius 1 is 1.03 bits per heavy atom. The van der Waals surface area contributed by atoms with Gasteiger partial charge in [-0.25, -0.2) is 5.10 Å². The van der Waals surface area contributed by atoms with Crippen LogP contribution in [0.4, 0.5) is 0 Å². The molecule has 3 heterocycles. The van der Waals surface area contributed by atoms with Crippen LogP contribution < -0.4 is 10.3 Å². The Morgan fingerprint density at radius 2 is 1.84 bits per heavy atom. The fourth-order valence-corrected chi connectivity index (χ4v) is 3.64. The molecule has 4 rings (SSSR count). The molecule has 0 fully saturated rings. The normalized spacial score (nSPS) is 11.3. The maximum atomic E-state index is 12.4. The highest BCUT2D eigenvalue weighted by Crippen LogP contribution is 2.27. The molecule has 0 aliphatic rings. The van der Waals surface area contributed by atoms with Crippen LogP contribution in [0.3, 0.4) is 0 Å². The van der Waals surface area contributed by atoms with Gasteiger partial charge in [0.1, 0.15) is 5.75 Å². The molecule has 7 heteroatoms. The monoisotopic (exact) mass is 417 g/mol. The van der Waals surface area contributed by atoms with Gasteiger partial charge < -0.3 is 14.6 Å². The van der Waals surface area contributed by atoms with Gasteiger partial charge in [-0.05, 0) is 55.9 Å². The highest BCUT2D eigenvalue weighted by molar-refractivity contribution is 5.87. The number of nitrogens with one attached hydrogen (secondary N) is 2. The molecule has 4 aromatic rings. The van der Waals surface area contributed by atoms with Crippen LogP contribution in [-0.4, -0.2) is 51.3 Å². The van der Waals surface area contributed by atoms with Crippen molar-refractivity contribution in [1.29, 1.82) is 0 Å². The Morgan fingerprint density at radius 3 is 2.61 bits per heavy atom. The Bertz CT molecular complexity index is 1200. The van der Waals surface area contributed by atoms with Crippen LogP contribution in [0.2, 0.25) is 0 Å². The highest BCUT2D eigenvalue weighted by Gasteiger charge is 2.11. The third-order valence-corrected chi connectivity index (χ3v) is 5.45. The van der Waals surface area contributed by atoms with Gasteiger partial charge in [0.05, 0.1) is 23.6 Å². The standard InChI is InChI=1S/C24H27N5O2/c1-3-29(4-2)12-5-13-31-19-7-6-18-14-23(26-21(18)15-19)20-16-22(27-28-24(20)30)17-8-10-25-11-9-17/h6-11,14-16,26H,3-5,12-13H2,1-2H3,(H,28,30). The second kappa shape index (κ2) is 9.57. The van der Waals surface area contributed by atoms with E-state index in [2.05, 4.69) is 38.9 Å². The van der Waals surface area contributed by atoms with Crippen molar-refractivity contribution in [2.24, 2.45) is 0 Å². The van der Waals surface area contributed by atoms with Gasteiger partial charge in [0, 0.05) is 41.5 Å². The largest absolute Gasteiger partial charge is 0.493 e. The summed E-state index contributed by atoms with van der Waals surface area (Å²) in [6.07, 6.45) is 4.39. The molecule has 0 unspecified atom stereocenters. The highest BCUT2D eigenvalue weighted by atomic mass is 16.5. The molecule has 0 saturated heterocycles. The van der Waals surface area contributed by atoms with E-state index < -0.39 is 0 Å². The number of nitrogens with zero attached hydrogens (tertiary/aromatic N) is 3. The van der Waals surface area contributed by atoms with Crippen molar-refractivity contribution >= 4 is 10.9 Å². The maximum Gasteiger partial charge on any atom is 0.273 e. The molecule has 0 aliphatic heterocycles. The molecular formula is C24H27N5O2. The van der Waals surface area contributed by atoms with Crippen LogP contribution in [0.5, 0.6) is 5.75 Å². The Hall–Kier alpha value is -3.45. The zero-order valence-electron chi connectivity index (χ0n) is 17.9. The SMILES string of the molecule is CCN(CC)CCCOc1ccc2cc(-c3cc(-c4ccncc4)n[nH]c3=O)[nH]c2c1. The van der Waals surface area contributed by atoms with Gasteiger partial charge in [0.25, 0.3) is 5.56 Å². The zero-order chi connectivity index (χ0) is 21.6. The Kier molecular flexibility index (Phi) is 6.43. The number of ether oxygens (including phenoxy) is 1. The van der Waals surface area contributed by atoms with Crippen molar-refractivity contribution < 1.29 is 4.74 Å². The van der Waals surface area contributed by atoms with Gasteiger partial charge in [-0.2, -0.15) is 5.10 Å². The van der Waals surface area contributed by atoms with Gasteiger partial charge in [0.15, 0.2) is 0 Å². The molecule has 7 nitrogen and oxygen atoms in total. The van der Waals surface area contributed by atoms with E-state index in [1.165, 1.54) is 0 Å². The quantitative estimate of drug-likeness (QED) is 0.401. The van der Waals surface area contributed by atoms with Crippen molar-refractivity contribution in [2.45, 2.75) is 20.3 Å². The number of aromatic nitrogens is 4. The summed E-state index contributed by atoms with van der Waals surface area (Å²) in [6.45, 7) is 8.18. The van der Waals surface area contributed by atoms with Crippen LogP contribution in [0.25, 0.3) is 33.4 Å². The molecule has 0 radical (unpaired) electrons. The number of rotatable bonds is 9. The first kappa shape index (κ1) is 20.8. The first-order chi connectivity index (χ1) is 15.2. The molecular weight excluding hydrogens is 390 g/mol. The van der Waals surface area contributed by atoms with Crippen LogP contribution in [0.1, 0.15) is 20.3 Å².